The lowest BCUT2D eigenvalue weighted by Gasteiger charge is -2.18. The van der Waals surface area contributed by atoms with E-state index in [1.165, 1.54) is 7.11 Å². The lowest BCUT2D eigenvalue weighted by molar-refractivity contribution is -0.137. The molecule has 4 nitrogen and oxygen atoms in total. The van der Waals surface area contributed by atoms with Gasteiger partial charge in [0.05, 0.1) is 20.0 Å². The quantitative estimate of drug-likeness (QED) is 0.766. The van der Waals surface area contributed by atoms with Crippen LogP contribution in [0.1, 0.15) is 11.6 Å². The van der Waals surface area contributed by atoms with Crippen LogP contribution in [-0.2, 0) is 9.53 Å². The number of hydrogen-bond acceptors (Lipinski definition) is 5. The minimum atomic E-state index is -0.199. The van der Waals surface area contributed by atoms with Gasteiger partial charge in [-0.15, -0.1) is 11.8 Å². The van der Waals surface area contributed by atoms with Crippen molar-refractivity contribution in [2.75, 3.05) is 32.8 Å². The fourth-order valence-corrected chi connectivity index (χ4v) is 2.59. The van der Waals surface area contributed by atoms with Crippen LogP contribution < -0.4 is 10.1 Å². The molecule has 0 saturated carbocycles. The van der Waals surface area contributed by atoms with Gasteiger partial charge in [-0.2, -0.15) is 0 Å². The maximum atomic E-state index is 11.1. The highest BCUT2D eigenvalue weighted by molar-refractivity contribution is 7.99. The average molecular weight is 269 g/mol. The number of para-hydroxylation sites is 1. The Labute approximate surface area is 112 Å². The molecule has 0 aliphatic heterocycles. The molecule has 0 bridgehead atoms. The first-order chi connectivity index (χ1) is 8.72. The molecule has 1 aromatic rings. The van der Waals surface area contributed by atoms with Gasteiger partial charge in [0.1, 0.15) is 5.75 Å². The van der Waals surface area contributed by atoms with Crippen molar-refractivity contribution >= 4 is 17.7 Å². The van der Waals surface area contributed by atoms with Gasteiger partial charge in [-0.1, -0.05) is 18.2 Å². The van der Waals surface area contributed by atoms with E-state index < -0.39 is 0 Å². The van der Waals surface area contributed by atoms with E-state index in [1.54, 1.807) is 18.9 Å². The maximum absolute atomic E-state index is 11.1. The summed E-state index contributed by atoms with van der Waals surface area (Å²) in [7, 11) is 4.96. The zero-order chi connectivity index (χ0) is 13.4. The lowest BCUT2D eigenvalue weighted by atomic mass is 10.1. The van der Waals surface area contributed by atoms with E-state index in [1.807, 2.05) is 31.3 Å². The molecule has 5 heteroatoms. The van der Waals surface area contributed by atoms with Gasteiger partial charge in [0.15, 0.2) is 0 Å². The highest BCUT2D eigenvalue weighted by Gasteiger charge is 2.14. The Bertz CT molecular complexity index is 384. The number of nitrogens with one attached hydrogen (secondary N) is 1. The summed E-state index contributed by atoms with van der Waals surface area (Å²) in [5.74, 6) is 1.81. The molecule has 0 heterocycles. The first-order valence-corrected chi connectivity index (χ1v) is 6.83. The fourth-order valence-electron chi connectivity index (χ4n) is 1.60. The van der Waals surface area contributed by atoms with E-state index in [0.717, 1.165) is 17.1 Å². The number of benzene rings is 1. The number of methoxy groups -OCH3 is 2. The first-order valence-electron chi connectivity index (χ1n) is 5.67. The molecular formula is C13H19NO3S. The van der Waals surface area contributed by atoms with Crippen LogP contribution in [0.3, 0.4) is 0 Å². The summed E-state index contributed by atoms with van der Waals surface area (Å²) in [6, 6.07) is 8.03. The van der Waals surface area contributed by atoms with E-state index in [0.29, 0.717) is 5.75 Å². The highest BCUT2D eigenvalue weighted by atomic mass is 32.2. The zero-order valence-electron chi connectivity index (χ0n) is 10.9. The second-order valence-corrected chi connectivity index (χ2v) is 4.70. The third-order valence-corrected chi connectivity index (χ3v) is 3.60. The van der Waals surface area contributed by atoms with Gasteiger partial charge in [-0.3, -0.25) is 4.79 Å². The van der Waals surface area contributed by atoms with Crippen LogP contribution in [0, 0.1) is 0 Å². The van der Waals surface area contributed by atoms with Gasteiger partial charge in [0, 0.05) is 17.4 Å². The predicted molar refractivity (Wildman–Crippen MR) is 74.1 cm³/mol. The van der Waals surface area contributed by atoms with Gasteiger partial charge in [-0.25, -0.2) is 0 Å². The fraction of sp³-hybridized carbons (Fsp3) is 0.462. The van der Waals surface area contributed by atoms with Crippen molar-refractivity contribution < 1.29 is 14.3 Å². The topological polar surface area (TPSA) is 47.6 Å². The van der Waals surface area contributed by atoms with E-state index in [4.69, 9.17) is 4.74 Å². The largest absolute Gasteiger partial charge is 0.496 e. The van der Waals surface area contributed by atoms with E-state index in [-0.39, 0.29) is 12.0 Å². The molecule has 1 rings (SSSR count). The summed E-state index contributed by atoms with van der Waals surface area (Å²) in [6.45, 7) is 0. The molecule has 0 fully saturated rings. The highest BCUT2D eigenvalue weighted by Crippen LogP contribution is 2.26. The van der Waals surface area contributed by atoms with Gasteiger partial charge < -0.3 is 14.8 Å². The normalized spacial score (nSPS) is 11.9. The van der Waals surface area contributed by atoms with Crippen molar-refractivity contribution in [2.45, 2.75) is 6.04 Å². The van der Waals surface area contributed by atoms with Gasteiger partial charge >= 0.3 is 5.97 Å². The Kier molecular flexibility index (Phi) is 6.60. The second-order valence-electron chi connectivity index (χ2n) is 3.67. The molecule has 0 aliphatic rings. The Morgan fingerprint density at radius 2 is 2.11 bits per heavy atom. The predicted octanol–water partition coefficient (Wildman–Crippen LogP) is 1.86. The summed E-state index contributed by atoms with van der Waals surface area (Å²) in [5.41, 5.74) is 1.10. The number of hydrogen-bond donors (Lipinski definition) is 1. The van der Waals surface area contributed by atoms with Gasteiger partial charge in [-0.05, 0) is 13.1 Å². The van der Waals surface area contributed by atoms with Crippen LogP contribution in [0.5, 0.6) is 5.75 Å². The Morgan fingerprint density at radius 3 is 2.72 bits per heavy atom. The summed E-state index contributed by atoms with van der Waals surface area (Å²) in [5, 5.41) is 3.23. The average Bonchev–Trinajstić information content (AvgIpc) is 2.43. The molecule has 1 aromatic carbocycles. The zero-order valence-corrected chi connectivity index (χ0v) is 11.8. The van der Waals surface area contributed by atoms with Gasteiger partial charge in [0.25, 0.3) is 0 Å². The number of ether oxygens (including phenoxy) is 2. The van der Waals surface area contributed by atoms with Crippen LogP contribution >= 0.6 is 11.8 Å². The molecule has 1 atom stereocenters. The lowest BCUT2D eigenvalue weighted by Crippen LogP contribution is -2.20. The van der Waals surface area contributed by atoms with Crippen molar-refractivity contribution in [3.63, 3.8) is 0 Å². The van der Waals surface area contributed by atoms with Gasteiger partial charge in [0.2, 0.25) is 0 Å². The molecule has 0 spiro atoms. The number of rotatable bonds is 7. The van der Waals surface area contributed by atoms with Crippen LogP contribution in [0.2, 0.25) is 0 Å². The van der Waals surface area contributed by atoms with Crippen molar-refractivity contribution in [3.8, 4) is 5.75 Å². The van der Waals surface area contributed by atoms with Crippen LogP contribution in [0.4, 0.5) is 0 Å². The summed E-state index contributed by atoms with van der Waals surface area (Å²) < 4.78 is 9.95. The SMILES string of the molecule is CNC(CSCC(=O)OC)c1ccccc1OC. The molecule has 1 unspecified atom stereocenters. The van der Waals surface area contributed by atoms with Crippen LogP contribution in [0.25, 0.3) is 0 Å². The number of carbonyl (C=O) groups is 1. The monoisotopic (exact) mass is 269 g/mol. The Morgan fingerprint density at radius 1 is 1.39 bits per heavy atom. The van der Waals surface area contributed by atoms with Crippen LogP contribution in [0.15, 0.2) is 24.3 Å². The standard InChI is InChI=1S/C13H19NO3S/c1-14-11(8-18-9-13(15)17-3)10-6-4-5-7-12(10)16-2/h4-7,11,14H,8-9H2,1-3H3. The molecule has 0 amide bonds. The third kappa shape index (κ3) is 4.23. The second kappa shape index (κ2) is 8.00. The smallest absolute Gasteiger partial charge is 0.315 e. The summed E-state index contributed by atoms with van der Waals surface area (Å²) >= 11 is 1.54. The van der Waals surface area contributed by atoms with Crippen molar-refractivity contribution in [1.82, 2.24) is 5.32 Å². The van der Waals surface area contributed by atoms with Crippen LogP contribution in [-0.4, -0.2) is 38.7 Å². The molecule has 1 N–H and O–H groups in total. The molecule has 0 aromatic heterocycles. The minimum absolute atomic E-state index is 0.149. The Hall–Kier alpha value is -1.20. The van der Waals surface area contributed by atoms with E-state index in [2.05, 4.69) is 10.1 Å². The first kappa shape index (κ1) is 14.9. The number of esters is 1. The molecule has 100 valence electrons. The molecule has 0 saturated heterocycles. The van der Waals surface area contributed by atoms with E-state index >= 15 is 0 Å². The Balaban J connectivity index is 2.62. The summed E-state index contributed by atoms with van der Waals surface area (Å²) in [4.78, 5) is 11.1. The molecule has 18 heavy (non-hydrogen) atoms. The molecular weight excluding hydrogens is 250 g/mol. The van der Waals surface area contributed by atoms with E-state index in [9.17, 15) is 4.79 Å². The van der Waals surface area contributed by atoms with Crippen molar-refractivity contribution in [1.29, 1.82) is 0 Å². The van der Waals surface area contributed by atoms with Crippen molar-refractivity contribution in [3.05, 3.63) is 29.8 Å². The van der Waals surface area contributed by atoms with Crippen molar-refractivity contribution in [2.24, 2.45) is 0 Å². The number of carbonyl (C=O) groups excluding carboxylic acids is 1. The summed E-state index contributed by atoms with van der Waals surface area (Å²) in [6.07, 6.45) is 0. The third-order valence-electron chi connectivity index (χ3n) is 2.59. The molecule has 0 aliphatic carbocycles. The number of thioether (sulfide) groups is 1. The maximum Gasteiger partial charge on any atom is 0.315 e. The minimum Gasteiger partial charge on any atom is -0.496 e. The molecule has 0 radical (unpaired) electrons.